The first-order valence-electron chi connectivity index (χ1n) is 7.71. The van der Waals surface area contributed by atoms with Crippen LogP contribution >= 0.6 is 11.8 Å². The number of hydrogen-bond donors (Lipinski definition) is 2. The molecule has 0 aliphatic carbocycles. The number of thioether (sulfide) groups is 1. The number of nitrogens with zero attached hydrogens (tertiary/aromatic N) is 2. The van der Waals surface area contributed by atoms with Crippen LogP contribution in [0.2, 0.25) is 0 Å². The molecule has 1 heterocycles. The molecule has 0 aliphatic rings. The summed E-state index contributed by atoms with van der Waals surface area (Å²) in [5, 5.41) is 10.4. The van der Waals surface area contributed by atoms with Gasteiger partial charge in [0.1, 0.15) is 6.33 Å². The van der Waals surface area contributed by atoms with E-state index < -0.39 is 0 Å². The summed E-state index contributed by atoms with van der Waals surface area (Å²) in [5.41, 5.74) is 2.90. The van der Waals surface area contributed by atoms with Gasteiger partial charge in [-0.05, 0) is 23.6 Å². The second-order valence-corrected chi connectivity index (χ2v) is 6.19. The fraction of sp³-hybridized carbons (Fsp3) is 0.167. The van der Waals surface area contributed by atoms with Crippen LogP contribution in [-0.4, -0.2) is 27.6 Å². The second kappa shape index (κ2) is 8.31. The van der Waals surface area contributed by atoms with Gasteiger partial charge in [-0.15, -0.1) is 0 Å². The van der Waals surface area contributed by atoms with Gasteiger partial charge in [0.25, 0.3) is 5.91 Å². The molecule has 0 atom stereocenters. The average Bonchev–Trinajstić information content (AvgIpc) is 3.14. The highest BCUT2D eigenvalue weighted by Gasteiger charge is 2.11. The minimum absolute atomic E-state index is 0.0419. The molecule has 3 aromatic rings. The Morgan fingerprint density at radius 1 is 1.08 bits per heavy atom. The van der Waals surface area contributed by atoms with E-state index in [0.717, 1.165) is 17.1 Å². The zero-order valence-corrected chi connectivity index (χ0v) is 13.9. The minimum atomic E-state index is -0.0419. The fourth-order valence-corrected chi connectivity index (χ4v) is 3.12. The quantitative estimate of drug-likeness (QED) is 0.650. The summed E-state index contributed by atoms with van der Waals surface area (Å²) in [7, 11) is 0. The predicted octanol–water partition coefficient (Wildman–Crippen LogP) is 3.07. The van der Waals surface area contributed by atoms with E-state index in [1.165, 1.54) is 23.7 Å². The lowest BCUT2D eigenvalue weighted by atomic mass is 10.1. The van der Waals surface area contributed by atoms with Crippen molar-refractivity contribution in [2.24, 2.45) is 0 Å². The number of carbonyl (C=O) groups is 1. The Hall–Kier alpha value is -2.60. The van der Waals surface area contributed by atoms with Crippen LogP contribution in [0.5, 0.6) is 0 Å². The van der Waals surface area contributed by atoms with Crippen molar-refractivity contribution in [1.82, 2.24) is 20.5 Å². The third kappa shape index (κ3) is 4.45. The lowest BCUT2D eigenvalue weighted by Gasteiger charge is -2.09. The van der Waals surface area contributed by atoms with Gasteiger partial charge in [-0.25, -0.2) is 4.98 Å². The number of amides is 1. The molecule has 0 aliphatic heterocycles. The molecule has 0 spiro atoms. The van der Waals surface area contributed by atoms with E-state index >= 15 is 0 Å². The minimum Gasteiger partial charge on any atom is -0.352 e. The Balaban J connectivity index is 1.57. The molecule has 0 unspecified atom stereocenters. The van der Waals surface area contributed by atoms with Crippen molar-refractivity contribution < 1.29 is 4.79 Å². The van der Waals surface area contributed by atoms with Crippen molar-refractivity contribution >= 4 is 17.7 Å². The Bertz CT molecular complexity index is 775. The number of benzene rings is 2. The first-order valence-corrected chi connectivity index (χ1v) is 8.69. The number of aromatic nitrogens is 3. The van der Waals surface area contributed by atoms with Crippen LogP contribution in [0.25, 0.3) is 0 Å². The van der Waals surface area contributed by atoms with Crippen molar-refractivity contribution in [2.75, 3.05) is 6.54 Å². The predicted molar refractivity (Wildman–Crippen MR) is 94.9 cm³/mol. The number of rotatable bonds is 7. The molecule has 3 rings (SSSR count). The standard InChI is InChI=1S/C18H18N4OS/c23-17(19-11-10-14-6-2-1-3-7-14)16-9-5-4-8-15(16)12-24-18-20-13-21-22-18/h1-9,13H,10-12H2,(H,19,23)(H,20,21,22). The first-order chi connectivity index (χ1) is 11.8. The van der Waals surface area contributed by atoms with Gasteiger partial charge in [-0.1, -0.05) is 60.3 Å². The van der Waals surface area contributed by atoms with Crippen LogP contribution in [0.4, 0.5) is 0 Å². The summed E-state index contributed by atoms with van der Waals surface area (Å²) in [6, 6.07) is 17.8. The second-order valence-electron chi connectivity index (χ2n) is 5.23. The van der Waals surface area contributed by atoms with Gasteiger partial charge in [-0.2, -0.15) is 5.10 Å². The molecule has 0 saturated heterocycles. The van der Waals surface area contributed by atoms with E-state index in [0.29, 0.717) is 17.9 Å². The van der Waals surface area contributed by atoms with Crippen LogP contribution in [0, 0.1) is 0 Å². The van der Waals surface area contributed by atoms with Crippen LogP contribution in [0.1, 0.15) is 21.5 Å². The Morgan fingerprint density at radius 3 is 2.67 bits per heavy atom. The lowest BCUT2D eigenvalue weighted by Crippen LogP contribution is -2.26. The summed E-state index contributed by atoms with van der Waals surface area (Å²) < 4.78 is 0. The van der Waals surface area contributed by atoms with Gasteiger partial charge in [-0.3, -0.25) is 9.89 Å². The van der Waals surface area contributed by atoms with E-state index in [-0.39, 0.29) is 5.91 Å². The molecular weight excluding hydrogens is 320 g/mol. The van der Waals surface area contributed by atoms with Gasteiger partial charge in [0, 0.05) is 17.9 Å². The molecule has 1 amide bonds. The van der Waals surface area contributed by atoms with Crippen molar-refractivity contribution in [3.63, 3.8) is 0 Å². The molecule has 5 nitrogen and oxygen atoms in total. The molecule has 1 aromatic heterocycles. The van der Waals surface area contributed by atoms with Crippen LogP contribution < -0.4 is 5.32 Å². The SMILES string of the molecule is O=C(NCCc1ccccc1)c1ccccc1CSc1ncn[nH]1. The summed E-state index contributed by atoms with van der Waals surface area (Å²) in [4.78, 5) is 16.5. The lowest BCUT2D eigenvalue weighted by molar-refractivity contribution is 0.0953. The summed E-state index contributed by atoms with van der Waals surface area (Å²) in [5.74, 6) is 0.622. The van der Waals surface area contributed by atoms with E-state index in [4.69, 9.17) is 0 Å². The molecule has 0 fully saturated rings. The monoisotopic (exact) mass is 338 g/mol. The van der Waals surface area contributed by atoms with Crippen LogP contribution in [0.3, 0.4) is 0 Å². The highest BCUT2D eigenvalue weighted by atomic mass is 32.2. The van der Waals surface area contributed by atoms with Crippen LogP contribution in [-0.2, 0) is 12.2 Å². The van der Waals surface area contributed by atoms with Gasteiger partial charge in [0.2, 0.25) is 0 Å². The van der Waals surface area contributed by atoms with E-state index in [2.05, 4.69) is 32.6 Å². The van der Waals surface area contributed by atoms with Crippen molar-refractivity contribution in [1.29, 1.82) is 0 Å². The topological polar surface area (TPSA) is 70.7 Å². The Morgan fingerprint density at radius 2 is 1.88 bits per heavy atom. The third-order valence-corrected chi connectivity index (χ3v) is 4.49. The number of aromatic amines is 1. The van der Waals surface area contributed by atoms with Gasteiger partial charge >= 0.3 is 0 Å². The maximum Gasteiger partial charge on any atom is 0.251 e. The fourth-order valence-electron chi connectivity index (χ4n) is 2.34. The van der Waals surface area contributed by atoms with Crippen LogP contribution in [0.15, 0.2) is 66.1 Å². The smallest absolute Gasteiger partial charge is 0.251 e. The van der Waals surface area contributed by atoms with Crippen molar-refractivity contribution in [3.8, 4) is 0 Å². The Labute approximate surface area is 144 Å². The molecule has 2 N–H and O–H groups in total. The average molecular weight is 338 g/mol. The summed E-state index contributed by atoms with van der Waals surface area (Å²) in [6.45, 7) is 0.617. The first kappa shape index (κ1) is 16.3. The molecular formula is C18H18N4OS. The zero-order chi connectivity index (χ0) is 16.6. The maximum absolute atomic E-state index is 12.5. The van der Waals surface area contributed by atoms with E-state index in [1.54, 1.807) is 0 Å². The third-order valence-electron chi connectivity index (χ3n) is 3.56. The molecule has 2 aromatic carbocycles. The van der Waals surface area contributed by atoms with Gasteiger partial charge in [0.15, 0.2) is 5.16 Å². The molecule has 6 heteroatoms. The van der Waals surface area contributed by atoms with E-state index in [9.17, 15) is 4.79 Å². The van der Waals surface area contributed by atoms with Crippen molar-refractivity contribution in [2.45, 2.75) is 17.3 Å². The van der Waals surface area contributed by atoms with Gasteiger partial charge in [0.05, 0.1) is 0 Å². The molecule has 24 heavy (non-hydrogen) atoms. The number of hydrogen-bond acceptors (Lipinski definition) is 4. The highest BCUT2D eigenvalue weighted by Crippen LogP contribution is 2.21. The highest BCUT2D eigenvalue weighted by molar-refractivity contribution is 7.98. The molecule has 122 valence electrons. The zero-order valence-electron chi connectivity index (χ0n) is 13.1. The molecule has 0 bridgehead atoms. The van der Waals surface area contributed by atoms with E-state index in [1.807, 2.05) is 42.5 Å². The molecule has 0 saturated carbocycles. The maximum atomic E-state index is 12.5. The molecule has 0 radical (unpaired) electrons. The van der Waals surface area contributed by atoms with Gasteiger partial charge < -0.3 is 5.32 Å². The summed E-state index contributed by atoms with van der Waals surface area (Å²) >= 11 is 1.52. The Kier molecular flexibility index (Phi) is 5.63. The summed E-state index contributed by atoms with van der Waals surface area (Å²) in [6.07, 6.45) is 2.30. The van der Waals surface area contributed by atoms with Crippen molar-refractivity contribution in [3.05, 3.63) is 77.6 Å². The normalized spacial score (nSPS) is 10.5. The number of carbonyl (C=O) groups excluding carboxylic acids is 1. The number of H-pyrrole nitrogens is 1. The largest absolute Gasteiger partial charge is 0.352 e. The number of nitrogens with one attached hydrogen (secondary N) is 2.